The number of rotatable bonds is 4. The van der Waals surface area contributed by atoms with E-state index in [1.165, 1.54) is 41.1 Å². The van der Waals surface area contributed by atoms with Crippen LogP contribution in [0.5, 0.6) is 0 Å². The zero-order chi connectivity index (χ0) is 27.8. The number of pyridine rings is 3. The number of fused-ring (bicyclic) bond motifs is 1. The van der Waals surface area contributed by atoms with Crippen molar-refractivity contribution in [2.45, 2.75) is 32.0 Å². The lowest BCUT2D eigenvalue weighted by molar-refractivity contribution is 0.125. The molecule has 1 fully saturated rings. The quantitative estimate of drug-likeness (QED) is 0.396. The van der Waals surface area contributed by atoms with Crippen molar-refractivity contribution < 1.29 is 8.78 Å². The second kappa shape index (κ2) is 10.2. The van der Waals surface area contributed by atoms with Gasteiger partial charge in [0, 0.05) is 38.4 Å². The van der Waals surface area contributed by atoms with Gasteiger partial charge in [0.1, 0.15) is 40.5 Å². The molecule has 0 saturated carbocycles. The van der Waals surface area contributed by atoms with Gasteiger partial charge in [0.15, 0.2) is 0 Å². The number of hydrogen-bond donors (Lipinski definition) is 0. The first-order valence-corrected chi connectivity index (χ1v) is 12.5. The Labute approximate surface area is 224 Å². The molecule has 4 heterocycles. The summed E-state index contributed by atoms with van der Waals surface area (Å²) in [7, 11) is 1.57. The van der Waals surface area contributed by atoms with E-state index in [2.05, 4.69) is 20.9 Å². The Morgan fingerprint density at radius 2 is 1.74 bits per heavy atom. The molecule has 0 N–H and O–H groups in total. The molecule has 1 aliphatic rings. The van der Waals surface area contributed by atoms with Gasteiger partial charge in [0.05, 0.1) is 22.9 Å². The maximum absolute atomic E-state index is 15.1. The highest BCUT2D eigenvalue weighted by Gasteiger charge is 2.38. The lowest BCUT2D eigenvalue weighted by Crippen LogP contribution is -2.58. The van der Waals surface area contributed by atoms with Crippen LogP contribution in [-0.2, 0) is 7.05 Å². The standard InChI is InChI=1S/C29H25F2N7O/c1-17-16-38(28-22(14-33)29(39)36(3)24-11-10-21(13-32)35-26(24)28)18(2)15-37(17)27(19-6-8-20(30)9-7-19)25-23(31)5-4-12-34-25/h4-12,17-18,27H,15-16H2,1-3H3/t17-,18+,27?/m1/s1. The number of piperazine rings is 1. The monoisotopic (exact) mass is 525 g/mol. The molecular weight excluding hydrogens is 500 g/mol. The summed E-state index contributed by atoms with van der Waals surface area (Å²) in [4.78, 5) is 26.1. The van der Waals surface area contributed by atoms with Crippen molar-refractivity contribution in [3.63, 3.8) is 0 Å². The number of aryl methyl sites for hydroxylation is 1. The van der Waals surface area contributed by atoms with Crippen molar-refractivity contribution in [3.05, 3.63) is 99.2 Å². The zero-order valence-corrected chi connectivity index (χ0v) is 21.6. The average Bonchev–Trinajstić information content (AvgIpc) is 2.94. The fraction of sp³-hybridized carbons (Fsp3) is 0.276. The van der Waals surface area contributed by atoms with Gasteiger partial charge in [-0.15, -0.1) is 0 Å². The minimum atomic E-state index is -0.592. The molecule has 3 aromatic heterocycles. The lowest BCUT2D eigenvalue weighted by Gasteiger charge is -2.48. The normalized spacial score (nSPS) is 18.5. The van der Waals surface area contributed by atoms with Crippen molar-refractivity contribution in [2.24, 2.45) is 7.05 Å². The third-order valence-corrected chi connectivity index (χ3v) is 7.33. The third-order valence-electron chi connectivity index (χ3n) is 7.33. The largest absolute Gasteiger partial charge is 0.363 e. The van der Waals surface area contributed by atoms with Gasteiger partial charge < -0.3 is 9.47 Å². The summed E-state index contributed by atoms with van der Waals surface area (Å²) < 4.78 is 30.2. The minimum absolute atomic E-state index is 0.0501. The Bertz CT molecular complexity index is 1700. The maximum Gasteiger partial charge on any atom is 0.270 e. The highest BCUT2D eigenvalue weighted by Crippen LogP contribution is 2.37. The van der Waals surface area contributed by atoms with Crippen LogP contribution in [0.15, 0.2) is 59.5 Å². The van der Waals surface area contributed by atoms with Gasteiger partial charge in [-0.05, 0) is 55.8 Å². The summed E-state index contributed by atoms with van der Waals surface area (Å²) >= 11 is 0. The number of anilines is 1. The fourth-order valence-electron chi connectivity index (χ4n) is 5.41. The van der Waals surface area contributed by atoms with Crippen LogP contribution in [0, 0.1) is 34.3 Å². The predicted octanol–water partition coefficient (Wildman–Crippen LogP) is 4.04. The molecule has 10 heteroatoms. The van der Waals surface area contributed by atoms with Gasteiger partial charge >= 0.3 is 0 Å². The van der Waals surface area contributed by atoms with E-state index in [4.69, 9.17) is 0 Å². The maximum atomic E-state index is 15.1. The Balaban J connectivity index is 1.62. The molecule has 196 valence electrons. The number of nitriles is 2. The van der Waals surface area contributed by atoms with Gasteiger partial charge in [-0.3, -0.25) is 14.7 Å². The van der Waals surface area contributed by atoms with E-state index < -0.39 is 23.2 Å². The molecule has 1 unspecified atom stereocenters. The number of aromatic nitrogens is 3. The molecule has 0 aliphatic carbocycles. The molecule has 0 bridgehead atoms. The molecule has 5 rings (SSSR count). The van der Waals surface area contributed by atoms with Crippen LogP contribution in [-0.4, -0.2) is 44.6 Å². The lowest BCUT2D eigenvalue weighted by atomic mass is 9.95. The van der Waals surface area contributed by atoms with Crippen molar-refractivity contribution >= 4 is 16.7 Å². The van der Waals surface area contributed by atoms with Crippen LogP contribution in [0.4, 0.5) is 14.5 Å². The van der Waals surface area contributed by atoms with E-state index in [9.17, 15) is 19.7 Å². The van der Waals surface area contributed by atoms with Gasteiger partial charge in [-0.1, -0.05) is 12.1 Å². The van der Waals surface area contributed by atoms with E-state index in [0.29, 0.717) is 35.4 Å². The summed E-state index contributed by atoms with van der Waals surface area (Å²) in [5.74, 6) is -0.859. The second-order valence-corrected chi connectivity index (χ2v) is 9.75. The van der Waals surface area contributed by atoms with Gasteiger partial charge in [0.2, 0.25) is 0 Å². The average molecular weight is 526 g/mol. The Morgan fingerprint density at radius 1 is 1.00 bits per heavy atom. The summed E-state index contributed by atoms with van der Waals surface area (Å²) in [6.07, 6.45) is 1.53. The van der Waals surface area contributed by atoms with E-state index in [0.717, 1.165) is 0 Å². The molecule has 1 aliphatic heterocycles. The second-order valence-electron chi connectivity index (χ2n) is 9.75. The zero-order valence-electron chi connectivity index (χ0n) is 21.6. The first-order valence-electron chi connectivity index (χ1n) is 12.5. The number of halogens is 2. The van der Waals surface area contributed by atoms with Crippen LogP contribution in [0.2, 0.25) is 0 Å². The van der Waals surface area contributed by atoms with Gasteiger partial charge in [-0.25, -0.2) is 13.8 Å². The minimum Gasteiger partial charge on any atom is -0.363 e. The molecule has 8 nitrogen and oxygen atoms in total. The number of benzene rings is 1. The predicted molar refractivity (Wildman–Crippen MR) is 142 cm³/mol. The summed E-state index contributed by atoms with van der Waals surface area (Å²) in [6.45, 7) is 4.72. The van der Waals surface area contributed by atoms with Crippen molar-refractivity contribution in [2.75, 3.05) is 18.0 Å². The highest BCUT2D eigenvalue weighted by molar-refractivity contribution is 5.92. The van der Waals surface area contributed by atoms with E-state index in [1.807, 2.05) is 24.8 Å². The van der Waals surface area contributed by atoms with Crippen LogP contribution >= 0.6 is 0 Å². The topological polar surface area (TPSA) is 102 Å². The third kappa shape index (κ3) is 4.49. The first kappa shape index (κ1) is 26.0. The van der Waals surface area contributed by atoms with Gasteiger partial charge in [-0.2, -0.15) is 10.5 Å². The van der Waals surface area contributed by atoms with Crippen LogP contribution < -0.4 is 10.5 Å². The summed E-state index contributed by atoms with van der Waals surface area (Å²) in [5, 5.41) is 19.5. The number of hydrogen-bond acceptors (Lipinski definition) is 7. The molecular formula is C29H25F2N7O. The SMILES string of the molecule is C[C@@H]1CN(c2c(C#N)c(=O)n(C)c3ccc(C#N)nc23)[C@@H](C)CN1C(c1ccc(F)cc1)c1ncccc1F. The fourth-order valence-corrected chi connectivity index (χ4v) is 5.41. The Hall–Kier alpha value is -4.67. The van der Waals surface area contributed by atoms with Crippen LogP contribution in [0.3, 0.4) is 0 Å². The Morgan fingerprint density at radius 3 is 2.41 bits per heavy atom. The smallest absolute Gasteiger partial charge is 0.270 e. The van der Waals surface area contributed by atoms with E-state index in [-0.39, 0.29) is 29.0 Å². The van der Waals surface area contributed by atoms with E-state index in [1.54, 1.807) is 25.2 Å². The first-order chi connectivity index (χ1) is 18.7. The van der Waals surface area contributed by atoms with Crippen LogP contribution in [0.25, 0.3) is 11.0 Å². The summed E-state index contributed by atoms with van der Waals surface area (Å²) in [5.41, 5.74) is 1.88. The molecule has 0 amide bonds. The van der Waals surface area contributed by atoms with Gasteiger partial charge in [0.25, 0.3) is 5.56 Å². The van der Waals surface area contributed by atoms with Crippen molar-refractivity contribution in [1.29, 1.82) is 10.5 Å². The van der Waals surface area contributed by atoms with Crippen LogP contribution in [0.1, 0.15) is 42.4 Å². The van der Waals surface area contributed by atoms with E-state index >= 15 is 4.39 Å². The molecule has 0 radical (unpaired) electrons. The molecule has 4 aromatic rings. The molecule has 0 spiro atoms. The van der Waals surface area contributed by atoms with Crippen molar-refractivity contribution in [1.82, 2.24) is 19.4 Å². The van der Waals surface area contributed by atoms with Crippen molar-refractivity contribution in [3.8, 4) is 12.1 Å². The Kier molecular flexibility index (Phi) is 6.81. The molecule has 39 heavy (non-hydrogen) atoms. The molecule has 1 saturated heterocycles. The molecule has 1 aromatic carbocycles. The highest BCUT2D eigenvalue weighted by atomic mass is 19.1. The summed E-state index contributed by atoms with van der Waals surface area (Å²) in [6, 6.07) is 15.1. The molecule has 3 atom stereocenters. The number of nitrogens with zero attached hydrogens (tertiary/aromatic N) is 7.